The molecule has 0 saturated carbocycles. The van der Waals surface area contributed by atoms with Crippen LogP contribution in [-0.2, 0) is 23.4 Å². The summed E-state index contributed by atoms with van der Waals surface area (Å²) in [6, 6.07) is 0. The van der Waals surface area contributed by atoms with E-state index in [-0.39, 0.29) is 11.5 Å². The Labute approximate surface area is 108 Å². The predicted molar refractivity (Wildman–Crippen MR) is 69.7 cm³/mol. The van der Waals surface area contributed by atoms with E-state index in [1.54, 1.807) is 6.20 Å². The molecule has 1 unspecified atom stereocenters. The zero-order chi connectivity index (χ0) is 13.4. The van der Waals surface area contributed by atoms with E-state index in [1.807, 2.05) is 29.8 Å². The molecule has 7 heteroatoms. The SMILES string of the molecule is CN(Cc1nccn1C)C1(CN)CCS(=O)(=O)C1. The number of aryl methyl sites for hydroxylation is 1. The van der Waals surface area contributed by atoms with Gasteiger partial charge >= 0.3 is 0 Å². The van der Waals surface area contributed by atoms with Crippen LogP contribution in [-0.4, -0.2) is 53.5 Å². The Hall–Kier alpha value is -0.920. The van der Waals surface area contributed by atoms with E-state index >= 15 is 0 Å². The van der Waals surface area contributed by atoms with Crippen molar-refractivity contribution in [3.63, 3.8) is 0 Å². The molecule has 1 atom stereocenters. The largest absolute Gasteiger partial charge is 0.337 e. The first-order valence-electron chi connectivity index (χ1n) is 5.96. The van der Waals surface area contributed by atoms with Gasteiger partial charge in [-0.05, 0) is 13.5 Å². The van der Waals surface area contributed by atoms with Crippen molar-refractivity contribution in [1.82, 2.24) is 14.5 Å². The monoisotopic (exact) mass is 272 g/mol. The molecule has 1 aliphatic heterocycles. The second-order valence-corrected chi connectivity index (χ2v) is 7.26. The van der Waals surface area contributed by atoms with Crippen molar-refractivity contribution in [2.75, 3.05) is 25.1 Å². The van der Waals surface area contributed by atoms with E-state index in [2.05, 4.69) is 4.98 Å². The Morgan fingerprint density at radius 3 is 2.78 bits per heavy atom. The molecular formula is C11H20N4O2S. The Morgan fingerprint density at radius 2 is 2.33 bits per heavy atom. The van der Waals surface area contributed by atoms with E-state index in [1.165, 1.54) is 0 Å². The number of nitrogens with two attached hydrogens (primary N) is 1. The van der Waals surface area contributed by atoms with Gasteiger partial charge in [0.1, 0.15) is 5.82 Å². The fourth-order valence-corrected chi connectivity index (χ4v) is 4.58. The van der Waals surface area contributed by atoms with Crippen molar-refractivity contribution < 1.29 is 8.42 Å². The minimum absolute atomic E-state index is 0.150. The number of likely N-dealkylation sites (N-methyl/N-ethyl adjacent to an activating group) is 1. The third-order valence-electron chi connectivity index (χ3n) is 3.86. The first kappa shape index (κ1) is 13.5. The predicted octanol–water partition coefficient (Wildman–Crippen LogP) is -0.632. The molecule has 2 rings (SSSR count). The van der Waals surface area contributed by atoms with Crippen molar-refractivity contribution in [2.24, 2.45) is 12.8 Å². The number of hydrogen-bond donors (Lipinski definition) is 1. The molecule has 1 fully saturated rings. The van der Waals surface area contributed by atoms with Gasteiger partial charge in [-0.1, -0.05) is 0 Å². The smallest absolute Gasteiger partial charge is 0.152 e. The van der Waals surface area contributed by atoms with E-state index < -0.39 is 15.4 Å². The lowest BCUT2D eigenvalue weighted by Gasteiger charge is -2.36. The van der Waals surface area contributed by atoms with Gasteiger partial charge in [0.15, 0.2) is 9.84 Å². The second-order valence-electron chi connectivity index (χ2n) is 5.08. The van der Waals surface area contributed by atoms with Crippen LogP contribution < -0.4 is 5.73 Å². The Bertz CT molecular complexity index is 525. The van der Waals surface area contributed by atoms with Crippen LogP contribution in [0.2, 0.25) is 0 Å². The van der Waals surface area contributed by atoms with E-state index in [4.69, 9.17) is 5.73 Å². The van der Waals surface area contributed by atoms with Crippen LogP contribution in [0.25, 0.3) is 0 Å². The highest BCUT2D eigenvalue weighted by molar-refractivity contribution is 7.91. The number of nitrogens with zero attached hydrogens (tertiary/aromatic N) is 3. The molecule has 0 radical (unpaired) electrons. The minimum Gasteiger partial charge on any atom is -0.337 e. The maximum Gasteiger partial charge on any atom is 0.152 e. The van der Waals surface area contributed by atoms with Crippen LogP contribution in [0.3, 0.4) is 0 Å². The fourth-order valence-electron chi connectivity index (χ4n) is 2.45. The van der Waals surface area contributed by atoms with Crippen molar-refractivity contribution in [3.8, 4) is 0 Å². The summed E-state index contributed by atoms with van der Waals surface area (Å²) >= 11 is 0. The minimum atomic E-state index is -2.95. The van der Waals surface area contributed by atoms with Gasteiger partial charge in [0, 0.05) is 31.5 Å². The summed E-state index contributed by atoms with van der Waals surface area (Å²) in [6.07, 6.45) is 4.22. The number of rotatable bonds is 4. The highest BCUT2D eigenvalue weighted by Gasteiger charge is 2.44. The first-order valence-corrected chi connectivity index (χ1v) is 7.79. The maximum absolute atomic E-state index is 11.7. The molecule has 2 N–H and O–H groups in total. The Morgan fingerprint density at radius 1 is 1.61 bits per heavy atom. The van der Waals surface area contributed by atoms with Crippen LogP contribution in [0.4, 0.5) is 0 Å². The van der Waals surface area contributed by atoms with Gasteiger partial charge in [0.2, 0.25) is 0 Å². The third kappa shape index (κ3) is 2.43. The van der Waals surface area contributed by atoms with Gasteiger partial charge < -0.3 is 10.3 Å². The van der Waals surface area contributed by atoms with E-state index in [0.29, 0.717) is 19.5 Å². The maximum atomic E-state index is 11.7. The zero-order valence-corrected chi connectivity index (χ0v) is 11.7. The number of hydrogen-bond acceptors (Lipinski definition) is 5. The summed E-state index contributed by atoms with van der Waals surface area (Å²) in [5.41, 5.74) is 5.38. The molecule has 1 aromatic rings. The lowest BCUT2D eigenvalue weighted by atomic mass is 9.97. The van der Waals surface area contributed by atoms with E-state index in [0.717, 1.165) is 5.82 Å². The summed E-state index contributed by atoms with van der Waals surface area (Å²) in [7, 11) is 0.897. The van der Waals surface area contributed by atoms with Crippen molar-refractivity contribution >= 4 is 9.84 Å². The van der Waals surface area contributed by atoms with Crippen molar-refractivity contribution in [2.45, 2.75) is 18.5 Å². The van der Waals surface area contributed by atoms with Gasteiger partial charge in [-0.25, -0.2) is 13.4 Å². The van der Waals surface area contributed by atoms with Gasteiger partial charge in [-0.3, -0.25) is 4.90 Å². The summed E-state index contributed by atoms with van der Waals surface area (Å²) in [5.74, 6) is 1.29. The number of sulfone groups is 1. The second kappa shape index (κ2) is 4.64. The van der Waals surface area contributed by atoms with Gasteiger partial charge in [0.25, 0.3) is 0 Å². The molecule has 1 aliphatic rings. The van der Waals surface area contributed by atoms with Crippen LogP contribution in [0.1, 0.15) is 12.2 Å². The lowest BCUT2D eigenvalue weighted by molar-refractivity contribution is 0.138. The fraction of sp³-hybridized carbons (Fsp3) is 0.727. The van der Waals surface area contributed by atoms with Gasteiger partial charge in [0.05, 0.1) is 18.1 Å². The highest BCUT2D eigenvalue weighted by Crippen LogP contribution is 2.28. The average molecular weight is 272 g/mol. The Kier molecular flexibility index (Phi) is 3.48. The number of imidazole rings is 1. The molecule has 1 aromatic heterocycles. The summed E-state index contributed by atoms with van der Waals surface area (Å²) < 4.78 is 25.3. The standard InChI is InChI=1S/C11H20N4O2S/c1-14-5-4-13-10(14)7-15(2)11(8-12)3-6-18(16,17)9-11/h4-5H,3,6-9,12H2,1-2H3. The van der Waals surface area contributed by atoms with Gasteiger partial charge in [-0.15, -0.1) is 0 Å². The van der Waals surface area contributed by atoms with Crippen LogP contribution in [0.5, 0.6) is 0 Å². The molecule has 1 saturated heterocycles. The molecule has 2 heterocycles. The molecule has 0 aromatic carbocycles. The average Bonchev–Trinajstić information content (AvgIpc) is 2.84. The quantitative estimate of drug-likeness (QED) is 0.789. The van der Waals surface area contributed by atoms with Crippen LogP contribution >= 0.6 is 0 Å². The van der Waals surface area contributed by atoms with Crippen molar-refractivity contribution in [3.05, 3.63) is 18.2 Å². The Balaban J connectivity index is 2.17. The zero-order valence-electron chi connectivity index (χ0n) is 10.8. The molecule has 18 heavy (non-hydrogen) atoms. The first-order chi connectivity index (χ1) is 8.38. The summed E-state index contributed by atoms with van der Waals surface area (Å²) in [4.78, 5) is 6.29. The summed E-state index contributed by atoms with van der Waals surface area (Å²) in [6.45, 7) is 0.962. The summed E-state index contributed by atoms with van der Waals surface area (Å²) in [5, 5.41) is 0. The van der Waals surface area contributed by atoms with Crippen molar-refractivity contribution in [1.29, 1.82) is 0 Å². The number of aromatic nitrogens is 2. The normalized spacial score (nSPS) is 26.9. The molecule has 0 aliphatic carbocycles. The van der Waals surface area contributed by atoms with Gasteiger partial charge in [-0.2, -0.15) is 0 Å². The highest BCUT2D eigenvalue weighted by atomic mass is 32.2. The molecule has 6 nitrogen and oxygen atoms in total. The third-order valence-corrected chi connectivity index (χ3v) is 5.66. The topological polar surface area (TPSA) is 81.2 Å². The molecule has 0 bridgehead atoms. The van der Waals surface area contributed by atoms with Crippen LogP contribution in [0.15, 0.2) is 12.4 Å². The van der Waals surface area contributed by atoms with Crippen LogP contribution in [0, 0.1) is 0 Å². The molecular weight excluding hydrogens is 252 g/mol. The molecule has 102 valence electrons. The van der Waals surface area contributed by atoms with E-state index in [9.17, 15) is 8.42 Å². The molecule has 0 spiro atoms. The molecule has 0 amide bonds. The lowest BCUT2D eigenvalue weighted by Crippen LogP contribution is -2.52.